The Hall–Kier alpha value is -3.62. The third kappa shape index (κ3) is 3.95. The van der Waals surface area contributed by atoms with Crippen molar-refractivity contribution < 1.29 is 16.8 Å². The van der Waals surface area contributed by atoms with Gasteiger partial charge in [0.25, 0.3) is 0 Å². The number of nitrogens with zero attached hydrogens (tertiary/aromatic N) is 2. The van der Waals surface area contributed by atoms with E-state index in [1.807, 2.05) is 72.8 Å². The van der Waals surface area contributed by atoms with Crippen molar-refractivity contribution in [3.63, 3.8) is 0 Å². The van der Waals surface area contributed by atoms with E-state index < -0.39 is 19.7 Å². The Balaban J connectivity index is 2.00. The fourth-order valence-electron chi connectivity index (χ4n) is 4.02. The predicted molar refractivity (Wildman–Crippen MR) is 134 cm³/mol. The van der Waals surface area contributed by atoms with Gasteiger partial charge < -0.3 is 0 Å². The maximum absolute atomic E-state index is 12.5. The van der Waals surface area contributed by atoms with Gasteiger partial charge in [0.1, 0.15) is 0 Å². The molecule has 0 unspecified atom stereocenters. The van der Waals surface area contributed by atoms with Gasteiger partial charge in [-0.3, -0.25) is 0 Å². The SMILES string of the molecule is CS(=O)(=O)c1cc(-c2ccccc2)c2ccc3c(-c4ccccc4)cc(S(C)(=O)=O)nc3c2n1. The van der Waals surface area contributed by atoms with Crippen molar-refractivity contribution in [3.05, 3.63) is 84.9 Å². The lowest BCUT2D eigenvalue weighted by atomic mass is 9.96. The lowest BCUT2D eigenvalue weighted by Gasteiger charge is -2.14. The zero-order chi connectivity index (χ0) is 24.1. The molecule has 8 heteroatoms. The Morgan fingerprint density at radius 1 is 0.529 bits per heavy atom. The monoisotopic (exact) mass is 488 g/mol. The molecule has 0 aliphatic carbocycles. The highest BCUT2D eigenvalue weighted by Crippen LogP contribution is 2.37. The lowest BCUT2D eigenvalue weighted by molar-refractivity contribution is 0.597. The second-order valence-corrected chi connectivity index (χ2v) is 12.1. The van der Waals surface area contributed by atoms with E-state index in [0.717, 1.165) is 23.6 Å². The summed E-state index contributed by atoms with van der Waals surface area (Å²) in [7, 11) is -7.30. The average molecular weight is 489 g/mol. The smallest absolute Gasteiger partial charge is 0.192 e. The van der Waals surface area contributed by atoms with Gasteiger partial charge in [-0.25, -0.2) is 26.8 Å². The molecule has 0 amide bonds. The molecule has 0 atom stereocenters. The van der Waals surface area contributed by atoms with E-state index in [1.165, 1.54) is 0 Å². The molecule has 0 aliphatic heterocycles. The number of hydrogen-bond donors (Lipinski definition) is 0. The fourth-order valence-corrected chi connectivity index (χ4v) is 5.20. The summed E-state index contributed by atoms with van der Waals surface area (Å²) in [4.78, 5) is 8.95. The van der Waals surface area contributed by atoms with Gasteiger partial charge in [0.15, 0.2) is 29.7 Å². The number of rotatable bonds is 4. The molecule has 170 valence electrons. The summed E-state index contributed by atoms with van der Waals surface area (Å²) in [6, 6.07) is 25.7. The molecule has 2 heterocycles. The lowest BCUT2D eigenvalue weighted by Crippen LogP contribution is -2.05. The molecule has 0 spiro atoms. The maximum atomic E-state index is 12.5. The summed E-state index contributed by atoms with van der Waals surface area (Å²) < 4.78 is 50.1. The molecule has 0 saturated carbocycles. The van der Waals surface area contributed by atoms with Gasteiger partial charge in [-0.15, -0.1) is 0 Å². The highest BCUT2D eigenvalue weighted by Gasteiger charge is 2.20. The molecule has 5 rings (SSSR count). The van der Waals surface area contributed by atoms with Crippen LogP contribution in [-0.4, -0.2) is 39.3 Å². The number of sulfone groups is 2. The molecule has 3 aromatic carbocycles. The van der Waals surface area contributed by atoms with Gasteiger partial charge in [-0.05, 0) is 34.4 Å². The van der Waals surface area contributed by atoms with Crippen LogP contribution in [0.5, 0.6) is 0 Å². The Bertz CT molecular complexity index is 1650. The Kier molecular flexibility index (Phi) is 5.22. The van der Waals surface area contributed by atoms with Crippen molar-refractivity contribution in [2.75, 3.05) is 12.5 Å². The Morgan fingerprint density at radius 2 is 0.882 bits per heavy atom. The van der Waals surface area contributed by atoms with E-state index in [9.17, 15) is 16.8 Å². The standard InChI is InChI=1S/C26H20N2O4S2/c1-33(29,30)23-15-21(17-9-5-3-6-10-17)19-13-14-20-22(18-11-7-4-8-12-18)16-24(34(2,31)32)28-26(20)25(19)27-23/h3-16H,1-2H3. The molecule has 0 N–H and O–H groups in total. The van der Waals surface area contributed by atoms with E-state index in [2.05, 4.69) is 9.97 Å². The minimum atomic E-state index is -3.65. The van der Waals surface area contributed by atoms with Gasteiger partial charge >= 0.3 is 0 Å². The van der Waals surface area contributed by atoms with Gasteiger partial charge in [-0.2, -0.15) is 0 Å². The van der Waals surface area contributed by atoms with Crippen LogP contribution in [0.15, 0.2) is 95.0 Å². The van der Waals surface area contributed by atoms with Crippen LogP contribution in [-0.2, 0) is 19.7 Å². The second kappa shape index (κ2) is 8.00. The quantitative estimate of drug-likeness (QED) is 0.333. The molecule has 5 aromatic rings. The molecular formula is C26H20N2O4S2. The second-order valence-electron chi connectivity index (χ2n) is 8.15. The molecule has 0 aliphatic rings. The van der Waals surface area contributed by atoms with Gasteiger partial charge in [-0.1, -0.05) is 72.8 Å². The third-order valence-corrected chi connectivity index (χ3v) is 7.58. The molecule has 0 saturated heterocycles. The first-order valence-electron chi connectivity index (χ1n) is 10.4. The van der Waals surface area contributed by atoms with Crippen LogP contribution < -0.4 is 0 Å². The largest absolute Gasteiger partial charge is 0.234 e. The minimum Gasteiger partial charge on any atom is -0.234 e. The zero-order valence-corrected chi connectivity index (χ0v) is 20.1. The zero-order valence-electron chi connectivity index (χ0n) is 18.4. The van der Waals surface area contributed by atoms with Crippen LogP contribution in [0.1, 0.15) is 0 Å². The van der Waals surface area contributed by atoms with Crippen molar-refractivity contribution in [1.29, 1.82) is 0 Å². The van der Waals surface area contributed by atoms with E-state index in [-0.39, 0.29) is 10.1 Å². The van der Waals surface area contributed by atoms with Crippen LogP contribution >= 0.6 is 0 Å². The maximum Gasteiger partial charge on any atom is 0.192 e. The summed E-state index contributed by atoms with van der Waals surface area (Å²) >= 11 is 0. The van der Waals surface area contributed by atoms with Gasteiger partial charge in [0.05, 0.1) is 11.0 Å². The normalized spacial score (nSPS) is 12.3. The molecule has 34 heavy (non-hydrogen) atoms. The van der Waals surface area contributed by atoms with E-state index in [0.29, 0.717) is 32.9 Å². The number of fused-ring (bicyclic) bond motifs is 3. The number of benzene rings is 3. The fraction of sp³-hybridized carbons (Fsp3) is 0.0769. The van der Waals surface area contributed by atoms with Crippen LogP contribution in [0.4, 0.5) is 0 Å². The summed E-state index contributed by atoms with van der Waals surface area (Å²) in [5, 5.41) is 1.17. The Morgan fingerprint density at radius 3 is 1.21 bits per heavy atom. The van der Waals surface area contributed by atoms with Crippen LogP contribution in [0.3, 0.4) is 0 Å². The molecular weight excluding hydrogens is 468 g/mol. The number of pyridine rings is 2. The highest BCUT2D eigenvalue weighted by atomic mass is 32.2. The van der Waals surface area contributed by atoms with Crippen molar-refractivity contribution >= 4 is 41.5 Å². The summed E-state index contributed by atoms with van der Waals surface area (Å²) in [6.45, 7) is 0. The Labute approximate surface area is 197 Å². The topological polar surface area (TPSA) is 94.1 Å². The van der Waals surface area contributed by atoms with E-state index in [4.69, 9.17) is 0 Å². The van der Waals surface area contributed by atoms with Crippen molar-refractivity contribution in [2.24, 2.45) is 0 Å². The molecule has 2 aromatic heterocycles. The average Bonchev–Trinajstić information content (AvgIpc) is 2.82. The van der Waals surface area contributed by atoms with Gasteiger partial charge in [0, 0.05) is 23.3 Å². The first kappa shape index (κ1) is 22.2. The molecule has 0 radical (unpaired) electrons. The molecule has 0 fully saturated rings. The van der Waals surface area contributed by atoms with Crippen LogP contribution in [0.2, 0.25) is 0 Å². The predicted octanol–water partition coefficient (Wildman–Crippen LogP) is 4.92. The third-order valence-electron chi connectivity index (χ3n) is 5.64. The van der Waals surface area contributed by atoms with Crippen molar-refractivity contribution in [2.45, 2.75) is 10.1 Å². The molecule has 0 bridgehead atoms. The van der Waals surface area contributed by atoms with E-state index >= 15 is 0 Å². The van der Waals surface area contributed by atoms with Gasteiger partial charge in [0.2, 0.25) is 0 Å². The van der Waals surface area contributed by atoms with E-state index in [1.54, 1.807) is 12.1 Å². The van der Waals surface area contributed by atoms with Crippen LogP contribution in [0.25, 0.3) is 44.1 Å². The summed E-state index contributed by atoms with van der Waals surface area (Å²) in [5.74, 6) is 0. The number of hydrogen-bond acceptors (Lipinski definition) is 6. The van der Waals surface area contributed by atoms with Crippen LogP contribution in [0, 0.1) is 0 Å². The molecule has 6 nitrogen and oxygen atoms in total. The number of aromatic nitrogens is 2. The van der Waals surface area contributed by atoms with Crippen molar-refractivity contribution in [1.82, 2.24) is 9.97 Å². The first-order chi connectivity index (χ1) is 16.1. The first-order valence-corrected chi connectivity index (χ1v) is 14.2. The van der Waals surface area contributed by atoms with Crippen molar-refractivity contribution in [3.8, 4) is 22.3 Å². The highest BCUT2D eigenvalue weighted by molar-refractivity contribution is 7.90. The summed E-state index contributed by atoms with van der Waals surface area (Å²) in [6.07, 6.45) is 2.21. The minimum absolute atomic E-state index is 0.0980. The summed E-state index contributed by atoms with van der Waals surface area (Å²) in [5.41, 5.74) is 3.67.